The second-order valence-electron chi connectivity index (χ2n) is 30.7. The number of unbranched alkanes of at least 4 members (excludes halogenated alkanes) is 2. The minimum absolute atomic E-state index is 0.0961. The van der Waals surface area contributed by atoms with E-state index in [9.17, 15) is 28.8 Å². The summed E-state index contributed by atoms with van der Waals surface area (Å²) in [5, 5.41) is 27.8. The molecule has 3 aromatic heterocycles. The van der Waals surface area contributed by atoms with Crippen molar-refractivity contribution in [2.45, 2.75) is 99.7 Å². The molecule has 33 nitrogen and oxygen atoms in total. The van der Waals surface area contributed by atoms with Gasteiger partial charge in [-0.1, -0.05) is 161 Å². The first kappa shape index (κ1) is 107. The number of piperazine rings is 1. The number of rotatable bonds is 43. The van der Waals surface area contributed by atoms with E-state index in [4.69, 9.17) is 93.3 Å². The molecular formula is C97H118Cl6N22O11. The standard InChI is InChI=1S/C34H38Cl2N8O4.C32H41Cl2N7O3.C31H39Cl2N7O4/c1-5-30(45)40-24-8-6-22(7-9-24)20-44(34(46)41-33-31(35)26(47-3)18-27(48-4)32(33)36)29-19-28(37-21-38-29)39-23-10-12-25(13-11-23)43-16-14-42(2)15-17-43;1-6-23-18-25(44-5)30(34)31(29(23)33)39-32(43)41(17-11-10-16-40(8-3)9-4)27-19-26(36-21-37-27)35-20-22-12-14-24(15-13-22)38-28(42)7-2;1-6-27(41)37-22-13-11-21(12-14-22)19-40(31(42)38-30-28(32)23(43-4)17-24(44-5)29(30)33)26-18-25(35-20-36-26)34-15-9-10-16-39(7-2)8-3/h6-13,18-19,21H,5,14-17,20H2,1-4H3,(H,40,45)(H,41,46)(H,37,38,39);7,12-15,18-19,21H,2,6,8-11,16-17,20H2,1,3-5H3,(H,38,42)(H,39,43)(H,35,36,37);6,11-14,17-18,20H,1,7-10,15-16,19H2,2-5H3,(H,37,41)(H,38,42)(H,34,35,36). The van der Waals surface area contributed by atoms with E-state index in [2.05, 4.69) is 157 Å². The summed E-state index contributed by atoms with van der Waals surface area (Å²) in [6.45, 7) is 31.1. The lowest BCUT2D eigenvalue weighted by atomic mass is 10.1. The van der Waals surface area contributed by atoms with Crippen molar-refractivity contribution >= 4 is 186 Å². The van der Waals surface area contributed by atoms with Crippen LogP contribution in [0.5, 0.6) is 28.7 Å². The molecule has 724 valence electrons. The van der Waals surface area contributed by atoms with Gasteiger partial charge in [-0.05, 0) is 180 Å². The summed E-state index contributed by atoms with van der Waals surface area (Å²) in [5.74, 6) is 3.54. The smallest absolute Gasteiger partial charge is 0.327 e. The fourth-order valence-corrected chi connectivity index (χ4v) is 15.7. The lowest BCUT2D eigenvalue weighted by molar-refractivity contribution is -0.116. The number of hydrogen-bond donors (Lipinski definition) is 9. The maximum Gasteiger partial charge on any atom is 0.327 e. The first-order valence-corrected chi connectivity index (χ1v) is 46.6. The molecule has 11 rings (SSSR count). The van der Waals surface area contributed by atoms with Gasteiger partial charge >= 0.3 is 18.1 Å². The first-order chi connectivity index (χ1) is 65.6. The number of halogens is 6. The summed E-state index contributed by atoms with van der Waals surface area (Å²) in [6, 6.07) is 38.3. The molecule has 0 bridgehead atoms. The highest BCUT2D eigenvalue weighted by Crippen LogP contribution is 2.47. The summed E-state index contributed by atoms with van der Waals surface area (Å²) in [4.78, 5) is 117. The number of aryl methyl sites for hydroxylation is 1. The van der Waals surface area contributed by atoms with Crippen LogP contribution in [0.1, 0.15) is 95.9 Å². The molecule has 136 heavy (non-hydrogen) atoms. The van der Waals surface area contributed by atoms with E-state index in [1.807, 2.05) is 55.5 Å². The Bertz CT molecular complexity index is 5560. The SMILES string of the molecule is C=CC(=O)Nc1ccc(CN(C(=O)Nc2c(Cl)c(OC)cc(OC)c2Cl)c2cc(NCCCCN(CC)CC)ncn2)cc1.C=CC(=O)Nc1ccc(CNc2cc(N(CCCCN(CC)CC)C(=O)Nc3c(Cl)c(CC)cc(OC)c3Cl)ncn2)cc1.CCC(=O)Nc1ccc(CN(C(=O)Nc2c(Cl)c(OC)cc(OC)c2Cl)c2cc(Nc3ccc(N4CCN(C)CC4)cc3)ncn2)cc1. The number of nitrogens with one attached hydrogen (secondary N) is 9. The summed E-state index contributed by atoms with van der Waals surface area (Å²) in [6.07, 6.45) is 11.3. The Kier molecular flexibility index (Phi) is 43.1. The summed E-state index contributed by atoms with van der Waals surface area (Å²) < 4.78 is 26.9. The lowest BCUT2D eigenvalue weighted by Crippen LogP contribution is -2.44. The molecule has 0 spiro atoms. The van der Waals surface area contributed by atoms with E-state index >= 15 is 0 Å². The fraction of sp³-hybridized carbons (Fsp3) is 0.340. The third-order valence-electron chi connectivity index (χ3n) is 21.8. The van der Waals surface area contributed by atoms with Crippen molar-refractivity contribution in [3.63, 3.8) is 0 Å². The Labute approximate surface area is 824 Å². The zero-order valence-corrected chi connectivity index (χ0v) is 83.0. The molecule has 7 aromatic carbocycles. The van der Waals surface area contributed by atoms with E-state index in [0.717, 1.165) is 131 Å². The molecule has 10 aromatic rings. The number of nitrogens with zero attached hydrogens (tertiary/aromatic N) is 13. The molecule has 0 atom stereocenters. The van der Waals surface area contributed by atoms with Crippen LogP contribution in [-0.2, 0) is 40.4 Å². The molecule has 1 saturated heterocycles. The number of likely N-dealkylation sites (N-methyl/N-ethyl adjacent to an activating group) is 1. The fourth-order valence-electron chi connectivity index (χ4n) is 13.9. The minimum atomic E-state index is -0.571. The molecule has 9 amide bonds. The number of urea groups is 3. The van der Waals surface area contributed by atoms with Gasteiger partial charge in [0.1, 0.15) is 108 Å². The van der Waals surface area contributed by atoms with Gasteiger partial charge in [-0.25, -0.2) is 44.3 Å². The molecule has 1 aliphatic heterocycles. The summed E-state index contributed by atoms with van der Waals surface area (Å²) >= 11 is 39.5. The number of amides is 9. The van der Waals surface area contributed by atoms with E-state index < -0.39 is 18.1 Å². The number of anilines is 14. The molecular weight excluding hydrogens is 1860 g/mol. The largest absolute Gasteiger partial charge is 0.495 e. The van der Waals surface area contributed by atoms with Gasteiger partial charge in [-0.2, -0.15) is 0 Å². The van der Waals surface area contributed by atoms with Crippen LogP contribution in [0, 0.1) is 0 Å². The highest BCUT2D eigenvalue weighted by atomic mass is 35.5. The molecule has 9 N–H and O–H groups in total. The van der Waals surface area contributed by atoms with Gasteiger partial charge < -0.3 is 91.1 Å². The zero-order valence-electron chi connectivity index (χ0n) is 78.4. The minimum Gasteiger partial charge on any atom is -0.495 e. The van der Waals surface area contributed by atoms with Crippen LogP contribution in [0.2, 0.25) is 30.1 Å². The van der Waals surface area contributed by atoms with Crippen molar-refractivity contribution in [3.8, 4) is 28.7 Å². The first-order valence-electron chi connectivity index (χ1n) is 44.3. The zero-order chi connectivity index (χ0) is 98.3. The summed E-state index contributed by atoms with van der Waals surface area (Å²) in [5.41, 5.74) is 7.76. The number of methoxy groups -OCH3 is 5. The molecule has 0 unspecified atom stereocenters. The normalized spacial score (nSPS) is 11.6. The lowest BCUT2D eigenvalue weighted by Gasteiger charge is -2.34. The number of carbonyl (C=O) groups excluding carboxylic acids is 6. The van der Waals surface area contributed by atoms with Crippen molar-refractivity contribution < 1.29 is 52.5 Å². The van der Waals surface area contributed by atoms with Crippen LogP contribution in [-0.4, -0.2) is 202 Å². The number of benzene rings is 7. The van der Waals surface area contributed by atoms with E-state index in [1.54, 1.807) is 72.5 Å². The Balaban J connectivity index is 0.000000229. The highest BCUT2D eigenvalue weighted by Gasteiger charge is 2.29. The van der Waals surface area contributed by atoms with Crippen LogP contribution in [0.25, 0.3) is 0 Å². The molecule has 39 heteroatoms. The second-order valence-corrected chi connectivity index (χ2v) is 32.9. The van der Waals surface area contributed by atoms with Crippen LogP contribution < -0.4 is 91.1 Å². The number of ether oxygens (including phenoxy) is 5. The van der Waals surface area contributed by atoms with Crippen LogP contribution >= 0.6 is 69.6 Å². The van der Waals surface area contributed by atoms with Crippen molar-refractivity contribution in [2.75, 3.05) is 189 Å². The van der Waals surface area contributed by atoms with Crippen molar-refractivity contribution in [1.82, 2.24) is 44.6 Å². The van der Waals surface area contributed by atoms with Crippen LogP contribution in [0.15, 0.2) is 178 Å². The third-order valence-corrected chi connectivity index (χ3v) is 24.2. The second kappa shape index (κ2) is 54.7. The van der Waals surface area contributed by atoms with Crippen molar-refractivity contribution in [3.05, 3.63) is 230 Å². The van der Waals surface area contributed by atoms with E-state index in [1.165, 1.54) is 88.6 Å². The Morgan fingerprint density at radius 3 is 1.19 bits per heavy atom. The molecule has 1 aliphatic rings. The Morgan fingerprint density at radius 1 is 0.404 bits per heavy atom. The van der Waals surface area contributed by atoms with Gasteiger partial charge in [0, 0.05) is 111 Å². The van der Waals surface area contributed by atoms with Crippen molar-refractivity contribution in [1.29, 1.82) is 0 Å². The quantitative estimate of drug-likeness (QED) is 0.0127. The Morgan fingerprint density at radius 2 is 0.772 bits per heavy atom. The van der Waals surface area contributed by atoms with E-state index in [0.29, 0.717) is 94.4 Å². The van der Waals surface area contributed by atoms with Gasteiger partial charge in [-0.3, -0.25) is 29.1 Å². The van der Waals surface area contributed by atoms with E-state index in [-0.39, 0.29) is 90.3 Å². The van der Waals surface area contributed by atoms with Gasteiger partial charge in [-0.15, -0.1) is 0 Å². The maximum atomic E-state index is 14.0. The molecule has 0 saturated carbocycles. The van der Waals surface area contributed by atoms with Gasteiger partial charge in [0.25, 0.3) is 0 Å². The average molecular weight is 1980 g/mol. The number of hydrogen-bond acceptors (Lipinski definition) is 24. The van der Waals surface area contributed by atoms with Gasteiger partial charge in [0.05, 0.1) is 70.7 Å². The number of aromatic nitrogens is 6. The van der Waals surface area contributed by atoms with Gasteiger partial charge in [0.15, 0.2) is 0 Å². The maximum absolute atomic E-state index is 14.0. The highest BCUT2D eigenvalue weighted by molar-refractivity contribution is 6.43. The third kappa shape index (κ3) is 31.2. The van der Waals surface area contributed by atoms with Crippen LogP contribution in [0.4, 0.5) is 94.8 Å². The van der Waals surface area contributed by atoms with Crippen LogP contribution in [0.3, 0.4) is 0 Å². The topological polar surface area (TPSA) is 357 Å². The number of carbonyl (C=O) groups is 6. The molecule has 0 aliphatic carbocycles. The Hall–Kier alpha value is -12.7. The molecule has 4 heterocycles. The monoisotopic (exact) mass is 1980 g/mol. The van der Waals surface area contributed by atoms with Gasteiger partial charge in [0.2, 0.25) is 17.7 Å². The predicted octanol–water partition coefficient (Wildman–Crippen LogP) is 20.8. The van der Waals surface area contributed by atoms with Crippen molar-refractivity contribution in [2.24, 2.45) is 0 Å². The predicted molar refractivity (Wildman–Crippen MR) is 550 cm³/mol. The molecule has 0 radical (unpaired) electrons. The molecule has 1 fully saturated rings. The summed E-state index contributed by atoms with van der Waals surface area (Å²) in [7, 11) is 9.46. The average Bonchev–Trinajstić information content (AvgIpc) is 0.808.